The Hall–Kier alpha value is -2.66. The summed E-state index contributed by atoms with van der Waals surface area (Å²) in [6, 6.07) is 15.5. The SMILES string of the molecule is O=C(c1cn(-c2cccc(Cl)c2)nn1)N1CCc2ccccc2C1. The van der Waals surface area contributed by atoms with Crippen molar-refractivity contribution in [3.05, 3.63) is 76.6 Å². The van der Waals surface area contributed by atoms with Crippen molar-refractivity contribution in [3.8, 4) is 5.69 Å². The first-order valence-corrected chi connectivity index (χ1v) is 8.13. The lowest BCUT2D eigenvalue weighted by Crippen LogP contribution is -2.36. The predicted molar refractivity (Wildman–Crippen MR) is 91.3 cm³/mol. The summed E-state index contributed by atoms with van der Waals surface area (Å²) in [4.78, 5) is 14.5. The topological polar surface area (TPSA) is 51.0 Å². The van der Waals surface area contributed by atoms with E-state index in [1.54, 1.807) is 23.0 Å². The molecule has 0 atom stereocenters. The summed E-state index contributed by atoms with van der Waals surface area (Å²) in [5.41, 5.74) is 3.62. The van der Waals surface area contributed by atoms with Gasteiger partial charge in [0.2, 0.25) is 0 Å². The monoisotopic (exact) mass is 338 g/mol. The number of amides is 1. The van der Waals surface area contributed by atoms with Gasteiger partial charge in [-0.25, -0.2) is 4.68 Å². The van der Waals surface area contributed by atoms with Crippen LogP contribution < -0.4 is 0 Å². The van der Waals surface area contributed by atoms with Crippen molar-refractivity contribution >= 4 is 17.5 Å². The number of halogens is 1. The Balaban J connectivity index is 1.56. The van der Waals surface area contributed by atoms with Crippen LogP contribution in [0.5, 0.6) is 0 Å². The molecule has 0 fully saturated rings. The lowest BCUT2D eigenvalue weighted by Gasteiger charge is -2.28. The molecule has 0 unspecified atom stereocenters. The molecule has 0 radical (unpaired) electrons. The highest BCUT2D eigenvalue weighted by atomic mass is 35.5. The molecular formula is C18H15ClN4O. The van der Waals surface area contributed by atoms with E-state index in [2.05, 4.69) is 22.4 Å². The summed E-state index contributed by atoms with van der Waals surface area (Å²) in [5.74, 6) is -0.0993. The van der Waals surface area contributed by atoms with E-state index >= 15 is 0 Å². The second kappa shape index (κ2) is 6.09. The minimum atomic E-state index is -0.0993. The average Bonchev–Trinajstić information content (AvgIpc) is 3.11. The van der Waals surface area contributed by atoms with Gasteiger partial charge < -0.3 is 4.90 Å². The summed E-state index contributed by atoms with van der Waals surface area (Å²) in [5, 5.41) is 8.69. The molecule has 6 heteroatoms. The van der Waals surface area contributed by atoms with Gasteiger partial charge >= 0.3 is 0 Å². The average molecular weight is 339 g/mol. The Morgan fingerprint density at radius 1 is 1.08 bits per heavy atom. The Bertz CT molecular complexity index is 905. The predicted octanol–water partition coefficient (Wildman–Crippen LogP) is 3.12. The maximum absolute atomic E-state index is 12.7. The Morgan fingerprint density at radius 2 is 1.92 bits per heavy atom. The molecule has 1 aliphatic rings. The van der Waals surface area contributed by atoms with Crippen molar-refractivity contribution in [3.63, 3.8) is 0 Å². The van der Waals surface area contributed by atoms with Gasteiger partial charge in [0, 0.05) is 18.1 Å². The zero-order valence-electron chi connectivity index (χ0n) is 12.9. The number of hydrogen-bond acceptors (Lipinski definition) is 3. The molecule has 2 heterocycles. The smallest absolute Gasteiger partial charge is 0.276 e. The first-order valence-electron chi connectivity index (χ1n) is 7.75. The van der Waals surface area contributed by atoms with Gasteiger partial charge in [-0.1, -0.05) is 47.1 Å². The van der Waals surface area contributed by atoms with E-state index in [0.29, 0.717) is 23.8 Å². The second-order valence-electron chi connectivity index (χ2n) is 5.77. The summed E-state index contributed by atoms with van der Waals surface area (Å²) in [6.45, 7) is 1.30. The van der Waals surface area contributed by atoms with Gasteiger partial charge in [0.05, 0.1) is 11.9 Å². The van der Waals surface area contributed by atoms with Crippen LogP contribution in [0.25, 0.3) is 5.69 Å². The lowest BCUT2D eigenvalue weighted by molar-refractivity contribution is 0.0728. The molecule has 0 bridgehead atoms. The number of carbonyl (C=O) groups excluding carboxylic acids is 1. The third-order valence-electron chi connectivity index (χ3n) is 4.20. The Morgan fingerprint density at radius 3 is 2.75 bits per heavy atom. The second-order valence-corrected chi connectivity index (χ2v) is 6.21. The molecule has 1 amide bonds. The molecule has 0 N–H and O–H groups in total. The van der Waals surface area contributed by atoms with Crippen molar-refractivity contribution in [2.75, 3.05) is 6.54 Å². The molecule has 0 aliphatic carbocycles. The fourth-order valence-electron chi connectivity index (χ4n) is 2.94. The van der Waals surface area contributed by atoms with E-state index in [-0.39, 0.29) is 5.91 Å². The van der Waals surface area contributed by atoms with Gasteiger partial charge in [-0.05, 0) is 35.7 Å². The van der Waals surface area contributed by atoms with Crippen LogP contribution in [-0.4, -0.2) is 32.3 Å². The van der Waals surface area contributed by atoms with Crippen LogP contribution >= 0.6 is 11.6 Å². The van der Waals surface area contributed by atoms with Crippen molar-refractivity contribution in [2.45, 2.75) is 13.0 Å². The minimum absolute atomic E-state index is 0.0993. The fraction of sp³-hybridized carbons (Fsp3) is 0.167. The fourth-order valence-corrected chi connectivity index (χ4v) is 3.12. The van der Waals surface area contributed by atoms with E-state index < -0.39 is 0 Å². The molecule has 1 aliphatic heterocycles. The molecule has 24 heavy (non-hydrogen) atoms. The van der Waals surface area contributed by atoms with Crippen molar-refractivity contribution < 1.29 is 4.79 Å². The highest BCUT2D eigenvalue weighted by Crippen LogP contribution is 2.20. The van der Waals surface area contributed by atoms with Gasteiger partial charge in [0.1, 0.15) is 0 Å². The number of hydrogen-bond donors (Lipinski definition) is 0. The van der Waals surface area contributed by atoms with Crippen LogP contribution in [0.2, 0.25) is 5.02 Å². The van der Waals surface area contributed by atoms with Crippen LogP contribution in [0, 0.1) is 0 Å². The Labute approximate surface area is 144 Å². The Kier molecular flexibility index (Phi) is 3.78. The highest BCUT2D eigenvalue weighted by Gasteiger charge is 2.23. The summed E-state index contributed by atoms with van der Waals surface area (Å²) in [7, 11) is 0. The third kappa shape index (κ3) is 2.78. The van der Waals surface area contributed by atoms with E-state index in [1.165, 1.54) is 11.1 Å². The number of rotatable bonds is 2. The zero-order chi connectivity index (χ0) is 16.5. The van der Waals surface area contributed by atoms with Gasteiger partial charge in [0.15, 0.2) is 5.69 Å². The van der Waals surface area contributed by atoms with Gasteiger partial charge in [-0.15, -0.1) is 5.10 Å². The minimum Gasteiger partial charge on any atom is -0.333 e. The zero-order valence-corrected chi connectivity index (χ0v) is 13.6. The van der Waals surface area contributed by atoms with E-state index in [0.717, 1.165) is 12.1 Å². The van der Waals surface area contributed by atoms with Crippen LogP contribution in [0.1, 0.15) is 21.6 Å². The summed E-state index contributed by atoms with van der Waals surface area (Å²) < 4.78 is 1.57. The number of nitrogens with zero attached hydrogens (tertiary/aromatic N) is 4. The number of fused-ring (bicyclic) bond motifs is 1. The lowest BCUT2D eigenvalue weighted by atomic mass is 10.00. The third-order valence-corrected chi connectivity index (χ3v) is 4.44. The number of carbonyl (C=O) groups is 1. The summed E-state index contributed by atoms with van der Waals surface area (Å²) in [6.07, 6.45) is 2.51. The molecule has 0 spiro atoms. The molecule has 3 aromatic rings. The van der Waals surface area contributed by atoms with Crippen LogP contribution in [0.4, 0.5) is 0 Å². The van der Waals surface area contributed by atoms with Crippen molar-refractivity contribution in [1.29, 1.82) is 0 Å². The maximum atomic E-state index is 12.7. The quantitative estimate of drug-likeness (QED) is 0.721. The van der Waals surface area contributed by atoms with E-state index in [4.69, 9.17) is 11.6 Å². The maximum Gasteiger partial charge on any atom is 0.276 e. The molecule has 2 aromatic carbocycles. The van der Waals surface area contributed by atoms with Crippen LogP contribution in [-0.2, 0) is 13.0 Å². The van der Waals surface area contributed by atoms with E-state index in [1.807, 2.05) is 29.2 Å². The first-order chi connectivity index (χ1) is 11.7. The molecule has 1 aromatic heterocycles. The van der Waals surface area contributed by atoms with Crippen LogP contribution in [0.15, 0.2) is 54.7 Å². The van der Waals surface area contributed by atoms with Gasteiger partial charge in [0.25, 0.3) is 5.91 Å². The van der Waals surface area contributed by atoms with Crippen LogP contribution in [0.3, 0.4) is 0 Å². The van der Waals surface area contributed by atoms with Gasteiger partial charge in [-0.3, -0.25) is 4.79 Å². The normalized spacial score (nSPS) is 13.6. The summed E-state index contributed by atoms with van der Waals surface area (Å²) >= 11 is 6.00. The molecular weight excluding hydrogens is 324 g/mol. The largest absolute Gasteiger partial charge is 0.333 e. The molecule has 5 nitrogen and oxygen atoms in total. The molecule has 0 saturated heterocycles. The van der Waals surface area contributed by atoms with Gasteiger partial charge in [-0.2, -0.15) is 0 Å². The van der Waals surface area contributed by atoms with Crippen molar-refractivity contribution in [1.82, 2.24) is 19.9 Å². The molecule has 120 valence electrons. The number of benzene rings is 2. The van der Waals surface area contributed by atoms with Crippen molar-refractivity contribution in [2.24, 2.45) is 0 Å². The standard InChI is InChI=1S/C18H15ClN4O/c19-15-6-3-7-16(10-15)23-12-17(20-21-23)18(24)22-9-8-13-4-1-2-5-14(13)11-22/h1-7,10,12H,8-9,11H2. The molecule has 0 saturated carbocycles. The molecule has 4 rings (SSSR count). The van der Waals surface area contributed by atoms with E-state index in [9.17, 15) is 4.79 Å². The highest BCUT2D eigenvalue weighted by molar-refractivity contribution is 6.30. The number of aromatic nitrogens is 3. The first kappa shape index (κ1) is 14.9.